The second-order valence-corrected chi connectivity index (χ2v) is 5.36. The van der Waals surface area contributed by atoms with Gasteiger partial charge in [0.1, 0.15) is 0 Å². The Bertz CT molecular complexity index is 338. The molecule has 1 N–H and O–H groups in total. The molecular formula is C13H21NO4. The zero-order valence-corrected chi connectivity index (χ0v) is 10.9. The summed E-state index contributed by atoms with van der Waals surface area (Å²) in [6.45, 7) is 4.02. The number of hydrogen-bond donors (Lipinski definition) is 1. The lowest BCUT2D eigenvalue weighted by Crippen LogP contribution is -2.41. The van der Waals surface area contributed by atoms with E-state index in [0.29, 0.717) is 32.5 Å². The highest BCUT2D eigenvalue weighted by atomic mass is 16.5. The monoisotopic (exact) mass is 255 g/mol. The van der Waals surface area contributed by atoms with E-state index in [2.05, 4.69) is 0 Å². The lowest BCUT2D eigenvalue weighted by atomic mass is 9.84. The molecule has 2 unspecified atom stereocenters. The maximum absolute atomic E-state index is 12.3. The Morgan fingerprint density at radius 1 is 1.50 bits per heavy atom. The zero-order valence-electron chi connectivity index (χ0n) is 10.9. The highest BCUT2D eigenvalue weighted by Crippen LogP contribution is 2.35. The molecule has 0 saturated carbocycles. The number of amides is 1. The van der Waals surface area contributed by atoms with Crippen LogP contribution in [0.3, 0.4) is 0 Å². The molecule has 2 aliphatic heterocycles. The van der Waals surface area contributed by atoms with Crippen LogP contribution in [-0.2, 0) is 14.3 Å². The standard InChI is InChI=1S/C13H21NO4/c1-2-13(12(16)17)5-6-14(9-13)11(15)10-4-3-7-18-8-10/h10H,2-9H2,1H3,(H,16,17). The number of carboxylic acids is 1. The second kappa shape index (κ2) is 5.26. The Morgan fingerprint density at radius 3 is 2.78 bits per heavy atom. The number of rotatable bonds is 3. The minimum atomic E-state index is -0.778. The van der Waals surface area contributed by atoms with Crippen molar-refractivity contribution in [1.82, 2.24) is 4.90 Å². The van der Waals surface area contributed by atoms with Gasteiger partial charge in [-0.05, 0) is 25.7 Å². The van der Waals surface area contributed by atoms with Crippen LogP contribution in [0.25, 0.3) is 0 Å². The minimum absolute atomic E-state index is 0.0693. The van der Waals surface area contributed by atoms with Gasteiger partial charge in [0, 0.05) is 19.7 Å². The third-order valence-corrected chi connectivity index (χ3v) is 4.31. The van der Waals surface area contributed by atoms with Crippen molar-refractivity contribution in [3.63, 3.8) is 0 Å². The van der Waals surface area contributed by atoms with Crippen LogP contribution in [-0.4, -0.2) is 48.2 Å². The topological polar surface area (TPSA) is 66.8 Å². The van der Waals surface area contributed by atoms with Crippen molar-refractivity contribution in [1.29, 1.82) is 0 Å². The van der Waals surface area contributed by atoms with Gasteiger partial charge in [0.25, 0.3) is 0 Å². The van der Waals surface area contributed by atoms with Crippen molar-refractivity contribution in [2.24, 2.45) is 11.3 Å². The second-order valence-electron chi connectivity index (χ2n) is 5.36. The van der Waals surface area contributed by atoms with Crippen LogP contribution in [0.15, 0.2) is 0 Å². The van der Waals surface area contributed by atoms with Crippen LogP contribution < -0.4 is 0 Å². The van der Waals surface area contributed by atoms with Gasteiger partial charge in [-0.3, -0.25) is 9.59 Å². The normalized spacial score (nSPS) is 32.5. The fraction of sp³-hybridized carbons (Fsp3) is 0.846. The molecule has 2 atom stereocenters. The molecule has 5 heteroatoms. The highest BCUT2D eigenvalue weighted by molar-refractivity contribution is 5.82. The zero-order chi connectivity index (χ0) is 13.2. The molecular weight excluding hydrogens is 234 g/mol. The molecule has 0 aromatic heterocycles. The van der Waals surface area contributed by atoms with Gasteiger partial charge in [0.15, 0.2) is 0 Å². The molecule has 2 saturated heterocycles. The number of nitrogens with zero attached hydrogens (tertiary/aromatic N) is 1. The summed E-state index contributed by atoms with van der Waals surface area (Å²) in [5.41, 5.74) is -0.731. The van der Waals surface area contributed by atoms with Gasteiger partial charge in [0.2, 0.25) is 5.91 Å². The average molecular weight is 255 g/mol. The number of likely N-dealkylation sites (tertiary alicyclic amines) is 1. The lowest BCUT2D eigenvalue weighted by Gasteiger charge is -2.28. The van der Waals surface area contributed by atoms with Crippen LogP contribution in [0, 0.1) is 11.3 Å². The summed E-state index contributed by atoms with van der Waals surface area (Å²) in [6, 6.07) is 0. The van der Waals surface area contributed by atoms with E-state index < -0.39 is 11.4 Å². The summed E-state index contributed by atoms with van der Waals surface area (Å²) in [7, 11) is 0. The molecule has 0 aromatic rings. The van der Waals surface area contributed by atoms with Gasteiger partial charge in [-0.15, -0.1) is 0 Å². The molecule has 2 rings (SSSR count). The van der Waals surface area contributed by atoms with E-state index in [9.17, 15) is 14.7 Å². The summed E-state index contributed by atoms with van der Waals surface area (Å²) in [6.07, 6.45) is 2.93. The van der Waals surface area contributed by atoms with Crippen molar-refractivity contribution < 1.29 is 19.4 Å². The number of hydrogen-bond acceptors (Lipinski definition) is 3. The molecule has 0 bridgehead atoms. The van der Waals surface area contributed by atoms with E-state index in [-0.39, 0.29) is 11.8 Å². The van der Waals surface area contributed by atoms with Gasteiger partial charge in [-0.2, -0.15) is 0 Å². The minimum Gasteiger partial charge on any atom is -0.481 e. The Labute approximate surface area is 107 Å². The summed E-state index contributed by atoms with van der Waals surface area (Å²) in [5, 5.41) is 9.31. The van der Waals surface area contributed by atoms with E-state index in [1.54, 1.807) is 4.90 Å². The molecule has 2 heterocycles. The molecule has 1 amide bonds. The van der Waals surface area contributed by atoms with Crippen LogP contribution in [0.2, 0.25) is 0 Å². The smallest absolute Gasteiger partial charge is 0.311 e. The van der Waals surface area contributed by atoms with Crippen molar-refractivity contribution in [3.8, 4) is 0 Å². The van der Waals surface area contributed by atoms with Gasteiger partial charge in [-0.1, -0.05) is 6.92 Å². The molecule has 2 aliphatic rings. The predicted octanol–water partition coefficient (Wildman–Crippen LogP) is 1.13. The van der Waals surface area contributed by atoms with E-state index in [1.807, 2.05) is 6.92 Å². The Balaban J connectivity index is 1.99. The molecule has 0 spiro atoms. The molecule has 18 heavy (non-hydrogen) atoms. The summed E-state index contributed by atoms with van der Waals surface area (Å²) in [4.78, 5) is 25.3. The van der Waals surface area contributed by atoms with Crippen LogP contribution >= 0.6 is 0 Å². The number of carbonyl (C=O) groups is 2. The Morgan fingerprint density at radius 2 is 2.28 bits per heavy atom. The van der Waals surface area contributed by atoms with Gasteiger partial charge in [-0.25, -0.2) is 0 Å². The highest BCUT2D eigenvalue weighted by Gasteiger charge is 2.45. The molecule has 0 aliphatic carbocycles. The molecule has 0 aromatic carbocycles. The third kappa shape index (κ3) is 2.36. The van der Waals surface area contributed by atoms with Crippen molar-refractivity contribution in [3.05, 3.63) is 0 Å². The molecule has 2 fully saturated rings. The number of aliphatic carboxylic acids is 1. The summed E-state index contributed by atoms with van der Waals surface area (Å²) in [5.74, 6) is -0.772. The summed E-state index contributed by atoms with van der Waals surface area (Å²) < 4.78 is 5.32. The number of ether oxygens (including phenoxy) is 1. The number of carboxylic acid groups (broad SMARTS) is 1. The Kier molecular flexibility index (Phi) is 3.90. The first kappa shape index (κ1) is 13.3. The van der Waals surface area contributed by atoms with E-state index >= 15 is 0 Å². The fourth-order valence-electron chi connectivity index (χ4n) is 2.87. The summed E-state index contributed by atoms with van der Waals surface area (Å²) >= 11 is 0. The van der Waals surface area contributed by atoms with Crippen LogP contribution in [0.4, 0.5) is 0 Å². The first-order valence-corrected chi connectivity index (χ1v) is 6.69. The maximum atomic E-state index is 12.3. The molecule has 102 valence electrons. The maximum Gasteiger partial charge on any atom is 0.311 e. The molecule has 0 radical (unpaired) electrons. The van der Waals surface area contributed by atoms with Crippen LogP contribution in [0.5, 0.6) is 0 Å². The SMILES string of the molecule is CCC1(C(=O)O)CCN(C(=O)C2CCCOC2)C1. The lowest BCUT2D eigenvalue weighted by molar-refractivity contribution is -0.149. The van der Waals surface area contributed by atoms with Crippen molar-refractivity contribution in [2.45, 2.75) is 32.6 Å². The predicted molar refractivity (Wildman–Crippen MR) is 65.1 cm³/mol. The van der Waals surface area contributed by atoms with Gasteiger partial charge in [0.05, 0.1) is 17.9 Å². The quantitative estimate of drug-likeness (QED) is 0.821. The average Bonchev–Trinajstić information content (AvgIpc) is 2.84. The van der Waals surface area contributed by atoms with Crippen molar-refractivity contribution >= 4 is 11.9 Å². The first-order valence-electron chi connectivity index (χ1n) is 6.69. The first-order chi connectivity index (χ1) is 8.59. The largest absolute Gasteiger partial charge is 0.481 e. The van der Waals surface area contributed by atoms with Gasteiger partial charge < -0.3 is 14.7 Å². The van der Waals surface area contributed by atoms with E-state index in [4.69, 9.17) is 4.74 Å². The fourth-order valence-corrected chi connectivity index (χ4v) is 2.87. The molecule has 5 nitrogen and oxygen atoms in total. The van der Waals surface area contributed by atoms with Crippen LogP contribution in [0.1, 0.15) is 32.6 Å². The van der Waals surface area contributed by atoms with E-state index in [1.165, 1.54) is 0 Å². The van der Waals surface area contributed by atoms with Gasteiger partial charge >= 0.3 is 5.97 Å². The van der Waals surface area contributed by atoms with Crippen molar-refractivity contribution in [2.75, 3.05) is 26.3 Å². The Hall–Kier alpha value is -1.10. The third-order valence-electron chi connectivity index (χ3n) is 4.31. The van der Waals surface area contributed by atoms with E-state index in [0.717, 1.165) is 19.4 Å². The number of carbonyl (C=O) groups excluding carboxylic acids is 1.